The second-order valence-corrected chi connectivity index (χ2v) is 5.65. The summed E-state index contributed by atoms with van der Waals surface area (Å²) in [6, 6.07) is 0.253. The summed E-state index contributed by atoms with van der Waals surface area (Å²) in [5.41, 5.74) is 0. The molecule has 16 heavy (non-hydrogen) atoms. The Hall–Kier alpha value is -0.480. The van der Waals surface area contributed by atoms with Gasteiger partial charge < -0.3 is 9.73 Å². The molecule has 0 radical (unpaired) electrons. The lowest BCUT2D eigenvalue weighted by molar-refractivity contribution is 0.373. The Morgan fingerprint density at radius 1 is 1.56 bits per heavy atom. The summed E-state index contributed by atoms with van der Waals surface area (Å²) in [6.07, 6.45) is 5.49. The predicted octanol–water partition coefficient (Wildman–Crippen LogP) is 2.64. The van der Waals surface area contributed by atoms with Crippen molar-refractivity contribution in [1.29, 1.82) is 0 Å². The van der Waals surface area contributed by atoms with Crippen molar-refractivity contribution < 1.29 is 4.42 Å². The van der Waals surface area contributed by atoms with Gasteiger partial charge in [-0.15, -0.1) is 0 Å². The van der Waals surface area contributed by atoms with Crippen LogP contribution in [0.15, 0.2) is 10.6 Å². The molecule has 0 aromatic carbocycles. The van der Waals surface area contributed by atoms with Crippen LogP contribution in [0.2, 0.25) is 0 Å². The first-order valence-electron chi connectivity index (χ1n) is 5.99. The second kappa shape index (κ2) is 5.73. The molecule has 4 heteroatoms. The van der Waals surface area contributed by atoms with Gasteiger partial charge in [-0.3, -0.25) is 0 Å². The van der Waals surface area contributed by atoms with Crippen LogP contribution in [-0.2, 0) is 6.42 Å². The van der Waals surface area contributed by atoms with Crippen molar-refractivity contribution in [2.45, 2.75) is 32.2 Å². The zero-order chi connectivity index (χ0) is 11.4. The maximum atomic E-state index is 5.76. The van der Waals surface area contributed by atoms with E-state index in [-0.39, 0.29) is 6.04 Å². The molecule has 0 aliphatic carbocycles. The zero-order valence-electron chi connectivity index (χ0n) is 10.0. The Labute approximate surface area is 101 Å². The van der Waals surface area contributed by atoms with E-state index in [4.69, 9.17) is 4.42 Å². The number of aromatic nitrogens is 1. The van der Waals surface area contributed by atoms with Gasteiger partial charge in [0.15, 0.2) is 5.89 Å². The lowest BCUT2D eigenvalue weighted by Gasteiger charge is -2.19. The van der Waals surface area contributed by atoms with Crippen LogP contribution in [-0.4, -0.2) is 23.5 Å². The number of hydrogen-bond acceptors (Lipinski definition) is 4. The highest BCUT2D eigenvalue weighted by Crippen LogP contribution is 2.26. The van der Waals surface area contributed by atoms with E-state index in [0.29, 0.717) is 0 Å². The summed E-state index contributed by atoms with van der Waals surface area (Å²) in [5.74, 6) is 5.23. The fourth-order valence-corrected chi connectivity index (χ4v) is 3.16. The van der Waals surface area contributed by atoms with Crippen LogP contribution in [0.25, 0.3) is 0 Å². The van der Waals surface area contributed by atoms with E-state index in [1.165, 1.54) is 24.3 Å². The summed E-state index contributed by atoms with van der Waals surface area (Å²) >= 11 is 2.06. The molecule has 1 N–H and O–H groups in total. The van der Waals surface area contributed by atoms with Gasteiger partial charge in [0, 0.05) is 6.42 Å². The van der Waals surface area contributed by atoms with E-state index in [2.05, 4.69) is 29.0 Å². The van der Waals surface area contributed by atoms with Crippen LogP contribution in [0, 0.1) is 5.92 Å². The van der Waals surface area contributed by atoms with Gasteiger partial charge in [-0.05, 0) is 44.2 Å². The normalized spacial score (nSPS) is 19.9. The van der Waals surface area contributed by atoms with Crippen LogP contribution >= 0.6 is 11.8 Å². The van der Waals surface area contributed by atoms with Gasteiger partial charge in [0.05, 0.1) is 12.2 Å². The van der Waals surface area contributed by atoms with Gasteiger partial charge in [0.2, 0.25) is 0 Å². The monoisotopic (exact) mass is 240 g/mol. The summed E-state index contributed by atoms with van der Waals surface area (Å²) in [7, 11) is 1.94. The van der Waals surface area contributed by atoms with Crippen molar-refractivity contribution in [3.05, 3.63) is 17.8 Å². The molecule has 3 nitrogen and oxygen atoms in total. The molecular weight excluding hydrogens is 220 g/mol. The Balaban J connectivity index is 1.91. The van der Waals surface area contributed by atoms with Crippen molar-refractivity contribution in [2.75, 3.05) is 18.6 Å². The molecule has 1 aliphatic heterocycles. The SMILES string of the molecule is CNC(C)c1cnc(CC2CCSCC2)o1. The molecule has 0 spiro atoms. The fourth-order valence-electron chi connectivity index (χ4n) is 1.96. The largest absolute Gasteiger partial charge is 0.444 e. The van der Waals surface area contributed by atoms with E-state index in [9.17, 15) is 0 Å². The maximum Gasteiger partial charge on any atom is 0.194 e. The Kier molecular flexibility index (Phi) is 4.29. The van der Waals surface area contributed by atoms with Crippen molar-refractivity contribution >= 4 is 11.8 Å². The summed E-state index contributed by atoms with van der Waals surface area (Å²) in [6.45, 7) is 2.08. The molecule has 0 saturated carbocycles. The molecule has 1 unspecified atom stereocenters. The molecule has 0 amide bonds. The second-order valence-electron chi connectivity index (χ2n) is 4.43. The number of nitrogens with zero attached hydrogens (tertiary/aromatic N) is 1. The maximum absolute atomic E-state index is 5.76. The molecular formula is C12H20N2OS. The summed E-state index contributed by atoms with van der Waals surface area (Å²) in [5, 5.41) is 3.16. The minimum atomic E-state index is 0.253. The lowest BCUT2D eigenvalue weighted by atomic mass is 9.99. The van der Waals surface area contributed by atoms with Gasteiger partial charge in [0.25, 0.3) is 0 Å². The highest BCUT2D eigenvalue weighted by atomic mass is 32.2. The van der Waals surface area contributed by atoms with Crippen LogP contribution in [0.4, 0.5) is 0 Å². The number of rotatable bonds is 4. The number of thioether (sulfide) groups is 1. The molecule has 2 rings (SSSR count). The van der Waals surface area contributed by atoms with Crippen molar-refractivity contribution in [3.63, 3.8) is 0 Å². The fraction of sp³-hybridized carbons (Fsp3) is 0.750. The van der Waals surface area contributed by atoms with E-state index in [1.54, 1.807) is 0 Å². The first-order chi connectivity index (χ1) is 7.79. The Morgan fingerprint density at radius 2 is 2.31 bits per heavy atom. The molecule has 1 atom stereocenters. The van der Waals surface area contributed by atoms with Crippen LogP contribution < -0.4 is 5.32 Å². The summed E-state index contributed by atoms with van der Waals surface area (Å²) < 4.78 is 5.76. The highest BCUT2D eigenvalue weighted by Gasteiger charge is 2.17. The minimum Gasteiger partial charge on any atom is -0.444 e. The van der Waals surface area contributed by atoms with E-state index < -0.39 is 0 Å². The average molecular weight is 240 g/mol. The van der Waals surface area contributed by atoms with E-state index in [1.807, 2.05) is 13.2 Å². The number of nitrogens with one attached hydrogen (secondary N) is 1. The number of hydrogen-bond donors (Lipinski definition) is 1. The molecule has 90 valence electrons. The standard InChI is InChI=1S/C12H20N2OS/c1-9(13-2)11-8-14-12(15-11)7-10-3-5-16-6-4-10/h8-10,13H,3-7H2,1-2H3. The van der Waals surface area contributed by atoms with E-state index in [0.717, 1.165) is 24.0 Å². The highest BCUT2D eigenvalue weighted by molar-refractivity contribution is 7.99. The van der Waals surface area contributed by atoms with E-state index >= 15 is 0 Å². The third-order valence-electron chi connectivity index (χ3n) is 3.24. The first kappa shape index (κ1) is 12.0. The Bertz CT molecular complexity index is 321. The quantitative estimate of drug-likeness (QED) is 0.878. The zero-order valence-corrected chi connectivity index (χ0v) is 10.8. The molecule has 1 aromatic heterocycles. The molecule has 1 aromatic rings. The van der Waals surface area contributed by atoms with Gasteiger partial charge in [-0.25, -0.2) is 4.98 Å². The average Bonchev–Trinajstić information content (AvgIpc) is 2.78. The van der Waals surface area contributed by atoms with Gasteiger partial charge in [-0.2, -0.15) is 11.8 Å². The molecule has 0 bridgehead atoms. The Morgan fingerprint density at radius 3 is 3.00 bits per heavy atom. The van der Waals surface area contributed by atoms with Gasteiger partial charge in [0.1, 0.15) is 5.76 Å². The minimum absolute atomic E-state index is 0.253. The molecule has 1 fully saturated rings. The lowest BCUT2D eigenvalue weighted by Crippen LogP contribution is -2.12. The van der Waals surface area contributed by atoms with Crippen LogP contribution in [0.3, 0.4) is 0 Å². The number of oxazole rings is 1. The third-order valence-corrected chi connectivity index (χ3v) is 4.28. The first-order valence-corrected chi connectivity index (χ1v) is 7.14. The molecule has 1 saturated heterocycles. The van der Waals surface area contributed by atoms with Gasteiger partial charge >= 0.3 is 0 Å². The smallest absolute Gasteiger partial charge is 0.194 e. The molecule has 2 heterocycles. The predicted molar refractivity (Wildman–Crippen MR) is 67.7 cm³/mol. The van der Waals surface area contributed by atoms with Crippen molar-refractivity contribution in [3.8, 4) is 0 Å². The van der Waals surface area contributed by atoms with Crippen molar-refractivity contribution in [2.24, 2.45) is 5.92 Å². The topological polar surface area (TPSA) is 38.1 Å². The van der Waals surface area contributed by atoms with Crippen LogP contribution in [0.1, 0.15) is 37.5 Å². The van der Waals surface area contributed by atoms with Gasteiger partial charge in [-0.1, -0.05) is 0 Å². The third kappa shape index (κ3) is 3.01. The van der Waals surface area contributed by atoms with Crippen LogP contribution in [0.5, 0.6) is 0 Å². The van der Waals surface area contributed by atoms with Crippen molar-refractivity contribution in [1.82, 2.24) is 10.3 Å². The molecule has 1 aliphatic rings. The summed E-state index contributed by atoms with van der Waals surface area (Å²) in [4.78, 5) is 4.37.